The zero-order valence-corrected chi connectivity index (χ0v) is 13.2. The Morgan fingerprint density at radius 3 is 2.41 bits per heavy atom. The first-order valence-electron chi connectivity index (χ1n) is 6.72. The Morgan fingerprint density at radius 2 is 1.68 bits per heavy atom. The molecule has 0 N–H and O–H groups in total. The summed E-state index contributed by atoms with van der Waals surface area (Å²) >= 11 is 3.37. The molecular formula is C18H12BrNO2. The van der Waals surface area contributed by atoms with Gasteiger partial charge in [0.05, 0.1) is 5.69 Å². The van der Waals surface area contributed by atoms with Crippen molar-refractivity contribution < 1.29 is 4.42 Å². The van der Waals surface area contributed by atoms with E-state index in [-0.39, 0.29) is 0 Å². The predicted molar refractivity (Wildman–Crippen MR) is 91.3 cm³/mol. The zero-order valence-electron chi connectivity index (χ0n) is 11.6. The van der Waals surface area contributed by atoms with Crippen LogP contribution < -0.4 is 5.63 Å². The summed E-state index contributed by atoms with van der Waals surface area (Å²) in [5.74, 6) is 0.313. The lowest BCUT2D eigenvalue weighted by molar-refractivity contribution is 0.506. The Bertz CT molecular complexity index is 852. The van der Waals surface area contributed by atoms with E-state index in [2.05, 4.69) is 20.9 Å². The van der Waals surface area contributed by atoms with Crippen LogP contribution in [0.25, 0.3) is 23.6 Å². The first-order chi connectivity index (χ1) is 10.7. The summed E-state index contributed by atoms with van der Waals surface area (Å²) in [6.45, 7) is 0. The molecule has 2 aromatic carbocycles. The van der Waals surface area contributed by atoms with E-state index in [4.69, 9.17) is 4.42 Å². The van der Waals surface area contributed by atoms with Crippen LogP contribution in [0.2, 0.25) is 0 Å². The minimum Gasteiger partial charge on any atom is -0.404 e. The van der Waals surface area contributed by atoms with Gasteiger partial charge in [-0.15, -0.1) is 0 Å². The van der Waals surface area contributed by atoms with Gasteiger partial charge in [0.1, 0.15) is 0 Å². The van der Waals surface area contributed by atoms with Crippen molar-refractivity contribution in [2.75, 3.05) is 0 Å². The molecule has 0 saturated carbocycles. The molecule has 0 spiro atoms. The number of halogens is 1. The van der Waals surface area contributed by atoms with Crippen LogP contribution in [0.15, 0.2) is 74.3 Å². The van der Waals surface area contributed by atoms with Crippen molar-refractivity contribution in [2.24, 2.45) is 0 Å². The number of hydrogen-bond acceptors (Lipinski definition) is 3. The van der Waals surface area contributed by atoms with Gasteiger partial charge in [0.2, 0.25) is 5.89 Å². The van der Waals surface area contributed by atoms with Crippen molar-refractivity contribution in [2.45, 2.75) is 0 Å². The van der Waals surface area contributed by atoms with Gasteiger partial charge < -0.3 is 4.42 Å². The van der Waals surface area contributed by atoms with E-state index >= 15 is 0 Å². The molecule has 1 heterocycles. The fourth-order valence-electron chi connectivity index (χ4n) is 1.96. The van der Waals surface area contributed by atoms with Crippen molar-refractivity contribution in [1.29, 1.82) is 0 Å². The van der Waals surface area contributed by atoms with Gasteiger partial charge in [0.15, 0.2) is 0 Å². The maximum absolute atomic E-state index is 11.7. The van der Waals surface area contributed by atoms with Gasteiger partial charge in [-0.3, -0.25) is 0 Å². The summed E-state index contributed by atoms with van der Waals surface area (Å²) in [4.78, 5) is 16.1. The molecule has 0 amide bonds. The SMILES string of the molecule is O=c1cc(/C=C/c2ccccc2)nc(-c2ccc(Br)cc2)o1. The largest absolute Gasteiger partial charge is 0.404 e. The summed E-state index contributed by atoms with van der Waals surface area (Å²) in [6, 6.07) is 18.7. The second-order valence-electron chi connectivity index (χ2n) is 4.66. The second-order valence-corrected chi connectivity index (χ2v) is 5.57. The Kier molecular flexibility index (Phi) is 4.30. The molecule has 0 bridgehead atoms. The van der Waals surface area contributed by atoms with Crippen LogP contribution in [0.4, 0.5) is 0 Å². The van der Waals surface area contributed by atoms with Crippen molar-refractivity contribution in [1.82, 2.24) is 4.98 Å². The van der Waals surface area contributed by atoms with Crippen LogP contribution in [-0.4, -0.2) is 4.98 Å². The smallest absolute Gasteiger partial charge is 0.339 e. The molecule has 4 heteroatoms. The van der Waals surface area contributed by atoms with Gasteiger partial charge in [0.25, 0.3) is 0 Å². The summed E-state index contributed by atoms with van der Waals surface area (Å²) in [5.41, 5.74) is 1.96. The van der Waals surface area contributed by atoms with Crippen molar-refractivity contribution in [3.63, 3.8) is 0 Å². The molecule has 0 unspecified atom stereocenters. The minimum absolute atomic E-state index is 0.313. The van der Waals surface area contributed by atoms with Gasteiger partial charge in [-0.25, -0.2) is 9.78 Å². The first-order valence-corrected chi connectivity index (χ1v) is 7.51. The molecule has 108 valence electrons. The highest BCUT2D eigenvalue weighted by atomic mass is 79.9. The maximum Gasteiger partial charge on any atom is 0.339 e. The molecule has 0 fully saturated rings. The topological polar surface area (TPSA) is 43.1 Å². The number of nitrogens with zero attached hydrogens (tertiary/aromatic N) is 1. The average Bonchev–Trinajstić information content (AvgIpc) is 2.54. The Labute approximate surface area is 136 Å². The molecule has 0 aliphatic heterocycles. The number of benzene rings is 2. The molecule has 22 heavy (non-hydrogen) atoms. The lowest BCUT2D eigenvalue weighted by atomic mass is 10.2. The number of hydrogen-bond donors (Lipinski definition) is 0. The molecule has 3 nitrogen and oxygen atoms in total. The summed E-state index contributed by atoms with van der Waals surface area (Å²) in [7, 11) is 0. The third kappa shape index (κ3) is 3.59. The van der Waals surface area contributed by atoms with E-state index < -0.39 is 5.63 Å². The van der Waals surface area contributed by atoms with Crippen LogP contribution in [-0.2, 0) is 0 Å². The lowest BCUT2D eigenvalue weighted by Crippen LogP contribution is -2.01. The highest BCUT2D eigenvalue weighted by Crippen LogP contribution is 2.19. The molecule has 0 radical (unpaired) electrons. The van der Waals surface area contributed by atoms with E-state index in [0.717, 1.165) is 15.6 Å². The first kappa shape index (κ1) is 14.5. The molecular weight excluding hydrogens is 342 g/mol. The van der Waals surface area contributed by atoms with Crippen LogP contribution >= 0.6 is 15.9 Å². The monoisotopic (exact) mass is 353 g/mol. The van der Waals surface area contributed by atoms with Gasteiger partial charge in [-0.2, -0.15) is 0 Å². The maximum atomic E-state index is 11.7. The second kappa shape index (κ2) is 6.54. The highest BCUT2D eigenvalue weighted by molar-refractivity contribution is 9.10. The van der Waals surface area contributed by atoms with Gasteiger partial charge in [0, 0.05) is 16.1 Å². The van der Waals surface area contributed by atoms with Crippen LogP contribution in [0.5, 0.6) is 0 Å². The normalized spacial score (nSPS) is 11.0. The summed E-state index contributed by atoms with van der Waals surface area (Å²) in [6.07, 6.45) is 3.71. The molecule has 3 rings (SSSR count). The van der Waals surface area contributed by atoms with Crippen LogP contribution in [0.3, 0.4) is 0 Å². The van der Waals surface area contributed by atoms with Crippen molar-refractivity contribution in [3.8, 4) is 11.5 Å². The van der Waals surface area contributed by atoms with Crippen molar-refractivity contribution in [3.05, 3.63) is 86.8 Å². The third-order valence-corrected chi connectivity index (χ3v) is 3.56. The molecule has 1 aromatic heterocycles. The fraction of sp³-hybridized carbons (Fsp3) is 0. The highest BCUT2D eigenvalue weighted by Gasteiger charge is 2.05. The van der Waals surface area contributed by atoms with E-state index in [1.54, 1.807) is 6.08 Å². The predicted octanol–water partition coefficient (Wildman–Crippen LogP) is 4.63. The fourth-order valence-corrected chi connectivity index (χ4v) is 2.23. The summed E-state index contributed by atoms with van der Waals surface area (Å²) < 4.78 is 6.14. The standard InChI is InChI=1S/C18H12BrNO2/c19-15-9-7-14(8-10-15)18-20-16(12-17(21)22-18)11-6-13-4-2-1-3-5-13/h1-12H/b11-6+. The lowest BCUT2D eigenvalue weighted by Gasteiger charge is -2.00. The Hall–Kier alpha value is -2.46. The minimum atomic E-state index is -0.416. The van der Waals surface area contributed by atoms with Gasteiger partial charge in [-0.1, -0.05) is 52.3 Å². The van der Waals surface area contributed by atoms with Gasteiger partial charge >= 0.3 is 5.63 Å². The Morgan fingerprint density at radius 1 is 0.955 bits per heavy atom. The van der Waals surface area contributed by atoms with E-state index in [0.29, 0.717) is 11.6 Å². The van der Waals surface area contributed by atoms with Gasteiger partial charge in [-0.05, 0) is 35.9 Å². The zero-order chi connectivity index (χ0) is 15.4. The number of aromatic nitrogens is 1. The Balaban J connectivity index is 1.95. The van der Waals surface area contributed by atoms with Crippen LogP contribution in [0.1, 0.15) is 11.3 Å². The quantitative estimate of drug-likeness (QED) is 0.689. The van der Waals surface area contributed by atoms with E-state index in [9.17, 15) is 4.79 Å². The van der Waals surface area contributed by atoms with Crippen LogP contribution in [0, 0.1) is 0 Å². The van der Waals surface area contributed by atoms with Crippen molar-refractivity contribution >= 4 is 28.1 Å². The summed E-state index contributed by atoms with van der Waals surface area (Å²) in [5, 5.41) is 0. The molecule has 0 aliphatic rings. The molecule has 0 saturated heterocycles. The average molecular weight is 354 g/mol. The molecule has 3 aromatic rings. The number of rotatable bonds is 3. The molecule has 0 aliphatic carbocycles. The third-order valence-electron chi connectivity index (χ3n) is 3.03. The van der Waals surface area contributed by atoms with E-state index in [1.165, 1.54) is 6.07 Å². The molecule has 0 atom stereocenters. The van der Waals surface area contributed by atoms with E-state index in [1.807, 2.05) is 60.7 Å².